The molecule has 52 nitrogen and oxygen atoms in total. The van der Waals surface area contributed by atoms with Gasteiger partial charge in [0.2, 0.25) is 76.1 Å². The summed E-state index contributed by atoms with van der Waals surface area (Å²) in [6.45, 7) is 27.1. The number of carbonyl (C=O) groups is 20. The molecule has 53 heteroatoms. The van der Waals surface area contributed by atoms with Gasteiger partial charge in [-0.15, -0.1) is 0 Å². The molecule has 5 aliphatic heterocycles. The van der Waals surface area contributed by atoms with Crippen LogP contribution in [-0.4, -0.2) is 426 Å². The van der Waals surface area contributed by atoms with Crippen LogP contribution in [0.4, 0.5) is 33.6 Å². The number of piperazine rings is 5. The number of Topliss-reactive ketones (excluding diaryl/α,β-unsaturated/α-hetero) is 2. The number of methoxy groups -OCH3 is 3. The van der Waals surface area contributed by atoms with Crippen molar-refractivity contribution >= 4 is 130 Å². The van der Waals surface area contributed by atoms with Gasteiger partial charge in [0.05, 0.1) is 40.6 Å². The van der Waals surface area contributed by atoms with Gasteiger partial charge in [-0.1, -0.05) is 6.92 Å². The van der Waals surface area contributed by atoms with Crippen molar-refractivity contribution in [3.63, 3.8) is 0 Å². The molecule has 0 bridgehead atoms. The minimum Gasteiger partial charge on any atom is -0.453 e. The summed E-state index contributed by atoms with van der Waals surface area (Å²) in [6.07, 6.45) is -0.762. The average molecular weight is 1760 g/mol. The smallest absolute Gasteiger partial charge is 0.409 e. The van der Waals surface area contributed by atoms with E-state index in [1.807, 2.05) is 7.05 Å². The molecule has 5 aliphatic rings. The number of primary amides is 10. The van der Waals surface area contributed by atoms with Gasteiger partial charge in [0, 0.05) is 228 Å². The summed E-state index contributed by atoms with van der Waals surface area (Å²) in [5.74, 6) is -2.89. The minimum atomic E-state index is -1.57. The van der Waals surface area contributed by atoms with E-state index < -0.39 is 65.0 Å². The number of ether oxygens (including phenoxy) is 4. The quantitative estimate of drug-likeness (QED) is 0.0437. The lowest BCUT2D eigenvalue weighted by atomic mass is 10.3. The van der Waals surface area contributed by atoms with Crippen LogP contribution in [0.2, 0.25) is 0 Å². The SMILES string of the molecule is CC(=O)C(=O)N1CCN(C(N)=O)CC1.CC(=O)CC(N)=O.CC(=O)N(C)CN(C)C(C)=O.CC(=O)N(C)CN(C)C(C)=O.CC(=O)N1CCN(C(N)=O)CC1.CC(N)=O.CCC(N)=O.CCOC(N)=O.CN.CN1CCN(C(N)=O)CC1.COC(=O)N1CCN(C(N)=O)CC1.COCC(=O)N1CCN(C(N)=O)CC1.COCC(N)=O.COS(N)=O. The number of hydrogen-bond acceptors (Lipinski definition) is 28. The van der Waals surface area contributed by atoms with Gasteiger partial charge in [-0.2, -0.15) is 0 Å². The van der Waals surface area contributed by atoms with E-state index >= 15 is 0 Å². The van der Waals surface area contributed by atoms with Gasteiger partial charge in [-0.25, -0.2) is 42.9 Å². The summed E-state index contributed by atoms with van der Waals surface area (Å²) in [4.78, 5) is 231. The Morgan fingerprint density at radius 1 is 0.375 bits per heavy atom. The highest BCUT2D eigenvalue weighted by Gasteiger charge is 2.27. The molecule has 5 rings (SSSR count). The van der Waals surface area contributed by atoms with E-state index in [2.05, 4.69) is 62.8 Å². The lowest BCUT2D eigenvalue weighted by Crippen LogP contribution is -2.53. The van der Waals surface area contributed by atoms with Crippen molar-refractivity contribution in [2.45, 2.75) is 82.1 Å². The van der Waals surface area contributed by atoms with Crippen LogP contribution in [0.5, 0.6) is 0 Å². The molecule has 0 aliphatic carbocycles. The molecular weight excluding hydrogens is 1620 g/mol. The van der Waals surface area contributed by atoms with Crippen LogP contribution in [0.25, 0.3) is 0 Å². The number of nitrogens with two attached hydrogens (primary N) is 12. The van der Waals surface area contributed by atoms with Crippen molar-refractivity contribution in [1.29, 1.82) is 0 Å². The fourth-order valence-corrected chi connectivity index (χ4v) is 7.82. The summed E-state index contributed by atoms with van der Waals surface area (Å²) in [5, 5.41) is 4.54. The van der Waals surface area contributed by atoms with E-state index in [9.17, 15) is 100 Å². The highest BCUT2D eigenvalue weighted by Crippen LogP contribution is 2.06. The first kappa shape index (κ1) is 126. The lowest BCUT2D eigenvalue weighted by Gasteiger charge is -2.33. The second-order valence-electron chi connectivity index (χ2n) is 24.6. The van der Waals surface area contributed by atoms with Crippen molar-refractivity contribution in [2.24, 2.45) is 68.2 Å². The van der Waals surface area contributed by atoms with Gasteiger partial charge < -0.3 is 151 Å². The normalized spacial score (nSPS) is 13.4. The van der Waals surface area contributed by atoms with Crippen LogP contribution in [-0.2, 0) is 96.7 Å². The Hall–Kier alpha value is -11.7. The third kappa shape index (κ3) is 80.1. The second kappa shape index (κ2) is 77.2. The molecule has 0 aromatic rings. The summed E-state index contributed by atoms with van der Waals surface area (Å²) in [6, 6.07) is -2.06. The van der Waals surface area contributed by atoms with Crippen LogP contribution in [0.3, 0.4) is 0 Å². The third-order valence-electron chi connectivity index (χ3n) is 14.8. The zero-order valence-electron chi connectivity index (χ0n) is 73.3. The molecule has 1 unspecified atom stereocenters. The predicted molar refractivity (Wildman–Crippen MR) is 439 cm³/mol. The van der Waals surface area contributed by atoms with Gasteiger partial charge in [-0.05, 0) is 27.9 Å². The maximum Gasteiger partial charge on any atom is 0.409 e. The molecule has 0 saturated carbocycles. The number of rotatable bonds is 14. The molecule has 0 aromatic heterocycles. The summed E-state index contributed by atoms with van der Waals surface area (Å²) < 4.78 is 31.3. The molecule has 698 valence electrons. The summed E-state index contributed by atoms with van der Waals surface area (Å²) >= 11 is -1.57. The van der Waals surface area contributed by atoms with Crippen LogP contribution >= 0.6 is 0 Å². The molecular formula is C67H138N26O26S. The van der Waals surface area contributed by atoms with Crippen molar-refractivity contribution in [2.75, 3.05) is 235 Å². The fourth-order valence-electron chi connectivity index (χ4n) is 7.82. The molecule has 5 heterocycles. The first-order chi connectivity index (χ1) is 55.5. The second-order valence-corrected chi connectivity index (χ2v) is 25.4. The molecule has 5 saturated heterocycles. The van der Waals surface area contributed by atoms with Gasteiger partial charge in [0.15, 0.2) is 0 Å². The Balaban J connectivity index is -0.000000161. The Morgan fingerprint density at radius 2 is 0.625 bits per heavy atom. The minimum absolute atomic E-state index is 0.0139. The van der Waals surface area contributed by atoms with E-state index in [-0.39, 0.29) is 84.8 Å². The van der Waals surface area contributed by atoms with Crippen molar-refractivity contribution in [1.82, 2.24) is 68.6 Å². The predicted octanol–water partition coefficient (Wildman–Crippen LogP) is -7.77. The number of hydrogen-bond donors (Lipinski definition) is 12. The first-order valence-corrected chi connectivity index (χ1v) is 37.3. The number of urea groups is 5. The largest absolute Gasteiger partial charge is 0.453 e. The molecule has 5 fully saturated rings. The van der Waals surface area contributed by atoms with Crippen LogP contribution in [0, 0.1) is 0 Å². The molecule has 23 amide bonds. The van der Waals surface area contributed by atoms with Gasteiger partial charge in [0.25, 0.3) is 5.91 Å². The molecule has 0 radical (unpaired) electrons. The molecule has 24 N–H and O–H groups in total. The fraction of sp³-hybridized carbons (Fsp3) is 0.701. The Labute approximate surface area is 704 Å². The van der Waals surface area contributed by atoms with Crippen LogP contribution < -0.4 is 68.2 Å². The van der Waals surface area contributed by atoms with Gasteiger partial charge in [-0.3, -0.25) is 66.5 Å². The number of nitrogens with zero attached hydrogens (tertiary/aromatic N) is 14. The van der Waals surface area contributed by atoms with E-state index in [0.717, 1.165) is 26.2 Å². The molecule has 0 aromatic carbocycles. The highest BCUT2D eigenvalue weighted by atomic mass is 32.2. The summed E-state index contributed by atoms with van der Waals surface area (Å²) in [7, 11) is 15.7. The Kier molecular flexibility index (Phi) is 81.4. The van der Waals surface area contributed by atoms with Crippen LogP contribution in [0.15, 0.2) is 0 Å². The number of amides is 23. The standard InChI is InChI=1S/C8H15N3O3.C8H13N3O3.C7H13N3O3.C7H13N3O2.2C7H14N2O2.C6H13N3O.C4H7NO2.2C3H7NO2.C3H7NO.C2H5NO.CH5NO2S.CH5N/c1-14-6-7(12)10-2-4-11(5-3-10)8(9)13;1-6(12)7(13)10-2-4-11(5-3-10)8(9)14;1-13-7(12)10-4-2-9(3-5-10)6(8)11;1-6(11)9-2-4-10(5-3-9)7(8)12;2*1-6(10)8(3)5-9(4)7(2)11;1-8-2-4-9(5-3-8)6(7)10;1-3(6)2-4(5)7;1-6-2-3(4)5;1-2-6-3(4)5;1-2-3(4)5;1-2(3)4;1-4-5(2)3;1-2/h2-6H2,1H3,(H2,9,13);2-5H2,1H3,(H2,9,14);2-5H2,1H3,(H2,8,11);2-5H2,1H3,(H2,8,12);2*5H2,1-4H3;2-5H2,1H3,(H2,7,10);2H2,1H3,(H2,5,7);2*2H2,1H3,(H2,4,5);2H2,1H3,(H2,4,5);1H3,(H2,3,4);2H2,1H3;2H2,1H3. The van der Waals surface area contributed by atoms with Gasteiger partial charge in [0.1, 0.15) is 19.0 Å². The zero-order chi connectivity index (χ0) is 95.8. The first-order valence-electron chi connectivity index (χ1n) is 36.2. The number of carbonyl (C=O) groups excluding carboxylic acids is 20. The van der Waals surface area contributed by atoms with E-state index in [1.165, 1.54) is 130 Å². The van der Waals surface area contributed by atoms with Crippen molar-refractivity contribution in [3.8, 4) is 0 Å². The highest BCUT2D eigenvalue weighted by molar-refractivity contribution is 7.77. The third-order valence-corrected chi connectivity index (χ3v) is 15.1. The van der Waals surface area contributed by atoms with E-state index in [4.69, 9.17) is 33.4 Å². The molecule has 120 heavy (non-hydrogen) atoms. The topological polar surface area (TPSA) is 762 Å². The average Bonchev–Trinajstić information content (AvgIpc) is 0.887. The number of likely N-dealkylation sites (N-methyl/N-ethyl adjacent to an activating group) is 1. The van der Waals surface area contributed by atoms with Crippen molar-refractivity contribution in [3.05, 3.63) is 0 Å². The van der Waals surface area contributed by atoms with Gasteiger partial charge >= 0.3 is 42.3 Å². The summed E-state index contributed by atoms with van der Waals surface area (Å²) in [5.41, 5.74) is 52.8. The number of ketones is 2. The van der Waals surface area contributed by atoms with Crippen LogP contribution in [0.1, 0.15) is 82.1 Å². The van der Waals surface area contributed by atoms with E-state index in [1.54, 1.807) is 66.5 Å². The lowest BCUT2D eigenvalue weighted by molar-refractivity contribution is -0.144. The maximum absolute atomic E-state index is 11.3. The monoisotopic (exact) mass is 1750 g/mol. The molecule has 0 spiro atoms. The maximum atomic E-state index is 11.3. The Morgan fingerprint density at radius 3 is 0.783 bits per heavy atom. The zero-order valence-corrected chi connectivity index (χ0v) is 74.1. The Bertz CT molecular complexity index is 2970. The van der Waals surface area contributed by atoms with E-state index in [0.29, 0.717) is 131 Å². The van der Waals surface area contributed by atoms with Crippen molar-refractivity contribution < 1.29 is 123 Å². The molecule has 1 atom stereocenters.